The Morgan fingerprint density at radius 2 is 0.648 bits per heavy atom. The second kappa shape index (κ2) is 67.0. The summed E-state index contributed by atoms with van der Waals surface area (Å²) >= 11 is 0. The van der Waals surface area contributed by atoms with Crippen LogP contribution in [0.1, 0.15) is 271 Å². The lowest BCUT2D eigenvalue weighted by Gasteiger charge is -2.28. The van der Waals surface area contributed by atoms with Crippen molar-refractivity contribution in [2.75, 3.05) is 47.5 Å². The summed E-state index contributed by atoms with van der Waals surface area (Å²) in [5.74, 6) is -0.870. The van der Waals surface area contributed by atoms with Crippen molar-refractivity contribution in [1.29, 1.82) is 0 Å². The van der Waals surface area contributed by atoms with Crippen molar-refractivity contribution in [2.45, 2.75) is 277 Å². The van der Waals surface area contributed by atoms with Crippen molar-refractivity contribution in [3.05, 3.63) is 158 Å². The average Bonchev–Trinajstić information content (AvgIpc) is 3.57. The third-order valence-electron chi connectivity index (χ3n) is 14.5. The van der Waals surface area contributed by atoms with Crippen LogP contribution in [0.3, 0.4) is 0 Å². The standard InChI is InChI=1S/C78H130NO8P/c1-6-8-10-12-14-16-18-20-22-24-26-28-30-32-34-36-37-38-39-40-41-43-45-47-49-51-53-55-57-59-61-63-65-67-69-71-78(81)87-76(75-86-88(82,83)85-73-72-79(3,4)5)74-84-77(80)70-68-66-64-62-60-58-56-54-52-50-48-46-44-42-35-33-31-29-27-25-23-21-19-17-15-13-11-9-7-2/h8,10,14,16,19-22,25-28,31-34,37-38,40-41,45,47,51,53,57,59,76H,6-7,9,11-13,15,17-18,23-24,29-30,35-36,39,42-44,46,48-50,52,54-56,58,60-75H2,1-5H3/b10-8-,16-14-,21-19-,22-20-,27-25-,28-26-,33-31-,34-32-,38-37-,41-40-,47-45-,53-51-,59-57-. The molecular weight excluding hydrogens is 1110 g/mol. The number of rotatable bonds is 63. The van der Waals surface area contributed by atoms with Crippen molar-refractivity contribution in [2.24, 2.45) is 0 Å². The molecule has 0 bridgehead atoms. The fourth-order valence-electron chi connectivity index (χ4n) is 9.16. The van der Waals surface area contributed by atoms with Gasteiger partial charge in [0.2, 0.25) is 0 Å². The molecule has 2 atom stereocenters. The van der Waals surface area contributed by atoms with Crippen molar-refractivity contribution < 1.29 is 42.1 Å². The van der Waals surface area contributed by atoms with Crippen LogP contribution < -0.4 is 4.89 Å². The molecule has 0 aliphatic heterocycles. The number of hydrogen-bond donors (Lipinski definition) is 0. The van der Waals surface area contributed by atoms with E-state index in [0.29, 0.717) is 17.4 Å². The summed E-state index contributed by atoms with van der Waals surface area (Å²) in [6, 6.07) is 0. The van der Waals surface area contributed by atoms with Crippen molar-refractivity contribution in [3.63, 3.8) is 0 Å². The number of carbonyl (C=O) groups excluding carboxylic acids is 2. The fourth-order valence-corrected chi connectivity index (χ4v) is 9.89. The Kier molecular flexibility index (Phi) is 63.7. The van der Waals surface area contributed by atoms with Crippen LogP contribution in [0.15, 0.2) is 158 Å². The maximum Gasteiger partial charge on any atom is 0.306 e. The second-order valence-electron chi connectivity index (χ2n) is 24.2. The summed E-state index contributed by atoms with van der Waals surface area (Å²) in [7, 11) is 1.13. The maximum atomic E-state index is 12.9. The van der Waals surface area contributed by atoms with Gasteiger partial charge >= 0.3 is 11.9 Å². The van der Waals surface area contributed by atoms with Crippen LogP contribution in [0.4, 0.5) is 0 Å². The predicted molar refractivity (Wildman–Crippen MR) is 378 cm³/mol. The van der Waals surface area contributed by atoms with Crippen LogP contribution in [0.2, 0.25) is 0 Å². The highest BCUT2D eigenvalue weighted by atomic mass is 31.2. The third kappa shape index (κ3) is 70.7. The van der Waals surface area contributed by atoms with E-state index in [1.807, 2.05) is 21.1 Å². The van der Waals surface area contributed by atoms with Gasteiger partial charge in [-0.2, -0.15) is 0 Å². The van der Waals surface area contributed by atoms with Crippen LogP contribution >= 0.6 is 7.82 Å². The fraction of sp³-hybridized carbons (Fsp3) is 0.641. The van der Waals surface area contributed by atoms with Gasteiger partial charge in [-0.1, -0.05) is 287 Å². The van der Waals surface area contributed by atoms with Crippen molar-refractivity contribution in [1.82, 2.24) is 0 Å². The molecule has 0 aliphatic rings. The van der Waals surface area contributed by atoms with Gasteiger partial charge in [0.05, 0.1) is 27.7 Å². The summed E-state index contributed by atoms with van der Waals surface area (Å²) in [4.78, 5) is 38.1. The maximum absolute atomic E-state index is 12.9. The Morgan fingerprint density at radius 3 is 0.966 bits per heavy atom. The number of phosphoric ester groups is 1. The molecule has 10 heteroatoms. The van der Waals surface area contributed by atoms with E-state index in [1.165, 1.54) is 116 Å². The topological polar surface area (TPSA) is 111 Å². The van der Waals surface area contributed by atoms with E-state index in [1.54, 1.807) is 0 Å². The Morgan fingerprint density at radius 1 is 0.364 bits per heavy atom. The monoisotopic (exact) mass is 1240 g/mol. The third-order valence-corrected chi connectivity index (χ3v) is 15.5. The Hall–Kier alpha value is -4.37. The molecule has 0 N–H and O–H groups in total. The van der Waals surface area contributed by atoms with E-state index >= 15 is 0 Å². The average molecular weight is 1240 g/mol. The number of esters is 2. The van der Waals surface area contributed by atoms with E-state index in [0.717, 1.165) is 122 Å². The van der Waals surface area contributed by atoms with Gasteiger partial charge in [-0.15, -0.1) is 0 Å². The van der Waals surface area contributed by atoms with Crippen molar-refractivity contribution in [3.8, 4) is 0 Å². The first-order chi connectivity index (χ1) is 43.0. The van der Waals surface area contributed by atoms with Crippen LogP contribution in [0.5, 0.6) is 0 Å². The zero-order valence-electron chi connectivity index (χ0n) is 56.9. The number of phosphoric acid groups is 1. The van der Waals surface area contributed by atoms with Gasteiger partial charge in [0.25, 0.3) is 7.82 Å². The van der Waals surface area contributed by atoms with Gasteiger partial charge in [-0.3, -0.25) is 14.2 Å². The molecule has 0 spiro atoms. The van der Waals surface area contributed by atoms with Gasteiger partial charge < -0.3 is 27.9 Å². The molecule has 0 aromatic heterocycles. The van der Waals surface area contributed by atoms with Gasteiger partial charge in [0.15, 0.2) is 6.10 Å². The summed E-state index contributed by atoms with van der Waals surface area (Å²) in [6.45, 7) is 4.08. The van der Waals surface area contributed by atoms with E-state index in [2.05, 4.69) is 172 Å². The van der Waals surface area contributed by atoms with Crippen LogP contribution in [0.25, 0.3) is 0 Å². The number of hydrogen-bond acceptors (Lipinski definition) is 8. The number of unbranched alkanes of at least 4 members (excludes halogenated alkanes) is 23. The lowest BCUT2D eigenvalue weighted by Crippen LogP contribution is -2.37. The summed E-state index contributed by atoms with van der Waals surface area (Å²) in [5, 5.41) is 0. The molecule has 0 rings (SSSR count). The van der Waals surface area contributed by atoms with Gasteiger partial charge in [0, 0.05) is 12.8 Å². The van der Waals surface area contributed by atoms with Gasteiger partial charge in [-0.25, -0.2) is 0 Å². The number of nitrogens with zero attached hydrogens (tertiary/aromatic N) is 1. The largest absolute Gasteiger partial charge is 0.756 e. The number of quaternary nitrogens is 1. The van der Waals surface area contributed by atoms with Crippen LogP contribution in [-0.2, 0) is 32.7 Å². The summed E-state index contributed by atoms with van der Waals surface area (Å²) < 4.78 is 34.3. The highest BCUT2D eigenvalue weighted by molar-refractivity contribution is 7.45. The van der Waals surface area contributed by atoms with E-state index < -0.39 is 32.5 Å². The van der Waals surface area contributed by atoms with Crippen molar-refractivity contribution >= 4 is 19.8 Å². The molecule has 2 unspecified atom stereocenters. The van der Waals surface area contributed by atoms with Crippen LogP contribution in [0, 0.1) is 0 Å². The molecule has 0 amide bonds. The van der Waals surface area contributed by atoms with E-state index in [-0.39, 0.29) is 26.1 Å². The first kappa shape index (κ1) is 83.6. The minimum atomic E-state index is -4.66. The Bertz CT molecular complexity index is 2040. The smallest absolute Gasteiger partial charge is 0.306 e. The minimum absolute atomic E-state index is 0.0443. The first-order valence-corrected chi connectivity index (χ1v) is 36.7. The quantitative estimate of drug-likeness (QED) is 0.0195. The van der Waals surface area contributed by atoms with E-state index in [9.17, 15) is 19.0 Å². The molecule has 0 saturated heterocycles. The molecule has 0 heterocycles. The predicted octanol–water partition coefficient (Wildman–Crippen LogP) is 22.5. The number of carbonyl (C=O) groups is 2. The normalized spacial score (nSPS) is 14.1. The first-order valence-electron chi connectivity index (χ1n) is 35.2. The number of allylic oxidation sites excluding steroid dienone is 26. The lowest BCUT2D eigenvalue weighted by molar-refractivity contribution is -0.870. The summed E-state index contributed by atoms with van der Waals surface area (Å²) in [5.41, 5.74) is 0. The number of likely N-dealkylation sites (N-methyl/N-ethyl adjacent to an activating group) is 1. The SMILES string of the molecule is CC/C=C\C/C=C\C/C=C\C/C=C\C/C=C\C/C=C\C/C=C\C/C=C\C/C=C\C/C=C\CCCCCCC(=O)OC(COC(=O)CCCCCCCCCCCCCCCC/C=C\C/C=C\C/C=C\CCCCCCC)COP(=O)([O-])OCC[N+](C)(C)C. The second-order valence-corrected chi connectivity index (χ2v) is 25.6. The molecular formula is C78H130NO8P. The Labute approximate surface area is 541 Å². The molecule has 0 aromatic rings. The Balaban J connectivity index is 4.18. The minimum Gasteiger partial charge on any atom is -0.756 e. The zero-order valence-corrected chi connectivity index (χ0v) is 57.8. The van der Waals surface area contributed by atoms with Crippen LogP contribution in [-0.4, -0.2) is 70.0 Å². The molecule has 0 fully saturated rings. The molecule has 88 heavy (non-hydrogen) atoms. The molecule has 9 nitrogen and oxygen atoms in total. The molecule has 0 aromatic carbocycles. The van der Waals surface area contributed by atoms with Gasteiger partial charge in [-0.05, 0) is 128 Å². The zero-order chi connectivity index (χ0) is 64.1. The highest BCUT2D eigenvalue weighted by Crippen LogP contribution is 2.38. The van der Waals surface area contributed by atoms with E-state index in [4.69, 9.17) is 18.5 Å². The summed E-state index contributed by atoms with van der Waals surface area (Å²) in [6.07, 6.45) is 100. The molecule has 0 aliphatic carbocycles. The highest BCUT2D eigenvalue weighted by Gasteiger charge is 2.22. The molecule has 0 radical (unpaired) electrons. The number of ether oxygens (including phenoxy) is 2. The lowest BCUT2D eigenvalue weighted by atomic mass is 10.0. The molecule has 0 saturated carbocycles. The van der Waals surface area contributed by atoms with Gasteiger partial charge in [0.1, 0.15) is 19.8 Å². The molecule has 500 valence electrons.